The van der Waals surface area contributed by atoms with E-state index < -0.39 is 17.4 Å². The predicted octanol–water partition coefficient (Wildman–Crippen LogP) is 0.789. The van der Waals surface area contributed by atoms with Crippen molar-refractivity contribution in [3.63, 3.8) is 0 Å². The average molecular weight is 266 g/mol. The highest BCUT2D eigenvalue weighted by Crippen LogP contribution is 2.05. The van der Waals surface area contributed by atoms with Gasteiger partial charge in [-0.3, -0.25) is 14.4 Å². The number of ether oxygens (including phenoxy) is 1. The first-order valence-electron chi connectivity index (χ1n) is 6.11. The molecule has 0 bridgehead atoms. The molecule has 1 N–H and O–H groups in total. The first-order valence-corrected chi connectivity index (χ1v) is 6.11. The maximum atomic E-state index is 12.2. The Morgan fingerprint density at radius 2 is 2.11 bits per heavy atom. The predicted molar refractivity (Wildman–Crippen MR) is 69.9 cm³/mol. The van der Waals surface area contributed by atoms with Crippen LogP contribution < -0.4 is 5.56 Å². The van der Waals surface area contributed by atoms with Gasteiger partial charge in [0.2, 0.25) is 0 Å². The molecular formula is C13H18N2O4. The summed E-state index contributed by atoms with van der Waals surface area (Å²) in [5.41, 5.74) is -0.456. The van der Waals surface area contributed by atoms with Crippen LogP contribution in [0.2, 0.25) is 0 Å². The summed E-state index contributed by atoms with van der Waals surface area (Å²) >= 11 is 0. The SMILES string of the molecule is CCOC(=O)CN(C(=O)c1ccc[nH]c1=O)C(C)C. The van der Waals surface area contributed by atoms with Gasteiger partial charge in [0.05, 0.1) is 6.61 Å². The van der Waals surface area contributed by atoms with Crippen LogP contribution in [-0.2, 0) is 9.53 Å². The average Bonchev–Trinajstić information content (AvgIpc) is 2.36. The Kier molecular flexibility index (Phi) is 5.29. The monoisotopic (exact) mass is 266 g/mol. The normalized spacial score (nSPS) is 10.3. The molecule has 104 valence electrons. The summed E-state index contributed by atoms with van der Waals surface area (Å²) < 4.78 is 4.82. The molecule has 0 spiro atoms. The zero-order valence-corrected chi connectivity index (χ0v) is 11.3. The molecular weight excluding hydrogens is 248 g/mol. The van der Waals surface area contributed by atoms with Crippen molar-refractivity contribution in [3.05, 3.63) is 34.2 Å². The van der Waals surface area contributed by atoms with Crippen LogP contribution in [0.3, 0.4) is 0 Å². The number of carbonyl (C=O) groups excluding carboxylic acids is 2. The van der Waals surface area contributed by atoms with Gasteiger partial charge >= 0.3 is 5.97 Å². The van der Waals surface area contributed by atoms with Crippen LogP contribution in [-0.4, -0.2) is 41.0 Å². The number of nitrogens with zero attached hydrogens (tertiary/aromatic N) is 1. The highest BCUT2D eigenvalue weighted by molar-refractivity contribution is 5.95. The van der Waals surface area contributed by atoms with Crippen molar-refractivity contribution in [3.8, 4) is 0 Å². The van der Waals surface area contributed by atoms with E-state index in [9.17, 15) is 14.4 Å². The maximum Gasteiger partial charge on any atom is 0.325 e. The molecule has 0 radical (unpaired) electrons. The van der Waals surface area contributed by atoms with Crippen molar-refractivity contribution in [2.75, 3.05) is 13.2 Å². The van der Waals surface area contributed by atoms with E-state index in [0.29, 0.717) is 0 Å². The topological polar surface area (TPSA) is 79.5 Å². The van der Waals surface area contributed by atoms with Gasteiger partial charge in [0.15, 0.2) is 0 Å². The summed E-state index contributed by atoms with van der Waals surface area (Å²) in [6.45, 7) is 5.33. The van der Waals surface area contributed by atoms with Crippen LogP contribution in [0.4, 0.5) is 0 Å². The smallest absolute Gasteiger partial charge is 0.325 e. The number of hydrogen-bond donors (Lipinski definition) is 1. The molecule has 6 nitrogen and oxygen atoms in total. The lowest BCUT2D eigenvalue weighted by atomic mass is 10.2. The van der Waals surface area contributed by atoms with E-state index >= 15 is 0 Å². The summed E-state index contributed by atoms with van der Waals surface area (Å²) in [5.74, 6) is -0.971. The molecule has 1 aromatic rings. The van der Waals surface area contributed by atoms with Crippen LogP contribution in [0.1, 0.15) is 31.1 Å². The molecule has 1 amide bonds. The number of aromatic amines is 1. The lowest BCUT2D eigenvalue weighted by molar-refractivity contribution is -0.144. The lowest BCUT2D eigenvalue weighted by Crippen LogP contribution is -2.43. The van der Waals surface area contributed by atoms with Gasteiger partial charge in [-0.1, -0.05) is 0 Å². The first-order chi connectivity index (χ1) is 8.97. The quantitative estimate of drug-likeness (QED) is 0.799. The van der Waals surface area contributed by atoms with E-state index in [0.717, 1.165) is 0 Å². The number of carbonyl (C=O) groups is 2. The van der Waals surface area contributed by atoms with Gasteiger partial charge in [-0.15, -0.1) is 0 Å². The zero-order valence-electron chi connectivity index (χ0n) is 11.3. The van der Waals surface area contributed by atoms with E-state index in [1.165, 1.54) is 17.2 Å². The minimum atomic E-state index is -0.489. The van der Waals surface area contributed by atoms with Gasteiger partial charge in [0.25, 0.3) is 11.5 Å². The second-order valence-corrected chi connectivity index (χ2v) is 4.24. The Bertz CT molecular complexity index is 507. The van der Waals surface area contributed by atoms with Crippen LogP contribution in [0.25, 0.3) is 0 Å². The molecule has 0 atom stereocenters. The van der Waals surface area contributed by atoms with Gasteiger partial charge in [-0.25, -0.2) is 0 Å². The fourth-order valence-corrected chi connectivity index (χ4v) is 1.58. The summed E-state index contributed by atoms with van der Waals surface area (Å²) in [5, 5.41) is 0. The van der Waals surface area contributed by atoms with Gasteiger partial charge < -0.3 is 14.6 Å². The molecule has 0 fully saturated rings. The van der Waals surface area contributed by atoms with Crippen LogP contribution in [0.15, 0.2) is 23.1 Å². The molecule has 6 heteroatoms. The molecule has 1 rings (SSSR count). The maximum absolute atomic E-state index is 12.2. The lowest BCUT2D eigenvalue weighted by Gasteiger charge is -2.25. The summed E-state index contributed by atoms with van der Waals surface area (Å²) in [6, 6.07) is 2.79. The number of nitrogens with one attached hydrogen (secondary N) is 1. The number of esters is 1. The molecule has 1 heterocycles. The van der Waals surface area contributed by atoms with E-state index in [1.807, 2.05) is 0 Å². The summed E-state index contributed by atoms with van der Waals surface area (Å²) in [4.78, 5) is 39.0. The standard InChI is InChI=1S/C13H18N2O4/c1-4-19-11(16)8-15(9(2)3)13(18)10-6-5-7-14-12(10)17/h5-7,9H,4,8H2,1-3H3,(H,14,17). The number of aromatic nitrogens is 1. The third-order valence-electron chi connectivity index (χ3n) is 2.54. The molecule has 0 aromatic carbocycles. The van der Waals surface area contributed by atoms with E-state index in [-0.39, 0.29) is 24.8 Å². The van der Waals surface area contributed by atoms with Crippen molar-refractivity contribution >= 4 is 11.9 Å². The highest BCUT2D eigenvalue weighted by Gasteiger charge is 2.23. The molecule has 0 saturated carbocycles. The minimum Gasteiger partial charge on any atom is -0.465 e. The molecule has 0 aliphatic carbocycles. The Balaban J connectivity index is 2.94. The van der Waals surface area contributed by atoms with Crippen molar-refractivity contribution in [1.82, 2.24) is 9.88 Å². The van der Waals surface area contributed by atoms with E-state index in [2.05, 4.69) is 4.98 Å². The Morgan fingerprint density at radius 1 is 1.42 bits per heavy atom. The van der Waals surface area contributed by atoms with Crippen LogP contribution >= 0.6 is 0 Å². The van der Waals surface area contributed by atoms with Crippen molar-refractivity contribution in [2.24, 2.45) is 0 Å². The highest BCUT2D eigenvalue weighted by atomic mass is 16.5. The third-order valence-corrected chi connectivity index (χ3v) is 2.54. The zero-order chi connectivity index (χ0) is 14.4. The molecule has 19 heavy (non-hydrogen) atoms. The number of rotatable bonds is 5. The minimum absolute atomic E-state index is 0.0144. The number of hydrogen-bond acceptors (Lipinski definition) is 4. The van der Waals surface area contributed by atoms with E-state index in [4.69, 9.17) is 4.74 Å². The Labute approximate surface area is 111 Å². The summed E-state index contributed by atoms with van der Waals surface area (Å²) in [6.07, 6.45) is 1.45. The van der Waals surface area contributed by atoms with Gasteiger partial charge in [-0.05, 0) is 32.9 Å². The van der Waals surface area contributed by atoms with Crippen molar-refractivity contribution < 1.29 is 14.3 Å². The second-order valence-electron chi connectivity index (χ2n) is 4.24. The second kappa shape index (κ2) is 6.72. The third kappa shape index (κ3) is 3.94. The Morgan fingerprint density at radius 3 is 2.63 bits per heavy atom. The van der Waals surface area contributed by atoms with Gasteiger partial charge in [-0.2, -0.15) is 0 Å². The molecule has 0 aliphatic rings. The molecule has 0 aliphatic heterocycles. The fourth-order valence-electron chi connectivity index (χ4n) is 1.58. The number of H-pyrrole nitrogens is 1. The molecule has 0 unspecified atom stereocenters. The number of pyridine rings is 1. The van der Waals surface area contributed by atoms with Gasteiger partial charge in [0.1, 0.15) is 12.1 Å². The largest absolute Gasteiger partial charge is 0.465 e. The van der Waals surface area contributed by atoms with Crippen molar-refractivity contribution in [2.45, 2.75) is 26.8 Å². The van der Waals surface area contributed by atoms with Crippen LogP contribution in [0, 0.1) is 0 Å². The number of amides is 1. The molecule has 1 aromatic heterocycles. The van der Waals surface area contributed by atoms with E-state index in [1.54, 1.807) is 26.8 Å². The van der Waals surface area contributed by atoms with Gasteiger partial charge in [0, 0.05) is 12.2 Å². The molecule has 0 saturated heterocycles. The summed E-state index contributed by atoms with van der Waals surface area (Å²) in [7, 11) is 0. The van der Waals surface area contributed by atoms with Crippen molar-refractivity contribution in [1.29, 1.82) is 0 Å². The fraction of sp³-hybridized carbons (Fsp3) is 0.462. The Hall–Kier alpha value is -2.11. The first kappa shape index (κ1) is 14.9. The van der Waals surface area contributed by atoms with Crippen LogP contribution in [0.5, 0.6) is 0 Å².